The Hall–Kier alpha value is -0.330. The largest absolute Gasteiger partial charge is 0.303 e. The van der Waals surface area contributed by atoms with E-state index in [4.69, 9.17) is 0 Å². The standard InChI is InChI=1S/C5H7O/c6-4-3-5-1-2-5/h3-5H,1-2H2. The molecule has 0 aromatic heterocycles. The van der Waals surface area contributed by atoms with Gasteiger partial charge in [0.15, 0.2) is 0 Å². The van der Waals surface area contributed by atoms with Crippen molar-refractivity contribution in [3.05, 3.63) is 6.42 Å². The average Bonchev–Trinajstić information content (AvgIpc) is 2.21. The molecule has 0 atom stereocenters. The van der Waals surface area contributed by atoms with Crippen LogP contribution in [-0.2, 0) is 4.79 Å². The number of aldehydes is 1. The lowest BCUT2D eigenvalue weighted by Gasteiger charge is -1.72. The van der Waals surface area contributed by atoms with Crippen molar-refractivity contribution in [1.29, 1.82) is 0 Å². The van der Waals surface area contributed by atoms with Crippen LogP contribution in [0, 0.1) is 12.3 Å². The van der Waals surface area contributed by atoms with E-state index in [2.05, 4.69) is 0 Å². The van der Waals surface area contributed by atoms with Gasteiger partial charge in [-0.3, -0.25) is 0 Å². The first-order valence-electron chi connectivity index (χ1n) is 2.22. The van der Waals surface area contributed by atoms with Gasteiger partial charge in [-0.25, -0.2) is 0 Å². The summed E-state index contributed by atoms with van der Waals surface area (Å²) < 4.78 is 0. The minimum absolute atomic E-state index is 0.655. The molecule has 0 spiro atoms. The number of carbonyl (C=O) groups is 1. The first-order valence-corrected chi connectivity index (χ1v) is 2.22. The van der Waals surface area contributed by atoms with Crippen LogP contribution in [0.5, 0.6) is 0 Å². The van der Waals surface area contributed by atoms with Gasteiger partial charge in [0.25, 0.3) is 0 Å². The van der Waals surface area contributed by atoms with Gasteiger partial charge < -0.3 is 4.79 Å². The molecule has 0 aromatic rings. The van der Waals surface area contributed by atoms with Crippen LogP contribution in [0.15, 0.2) is 0 Å². The van der Waals surface area contributed by atoms with Crippen LogP contribution in [0.4, 0.5) is 0 Å². The van der Waals surface area contributed by atoms with Gasteiger partial charge in [0.05, 0.1) is 0 Å². The normalized spacial score (nSPS) is 20.7. The van der Waals surface area contributed by atoms with Crippen molar-refractivity contribution in [3.63, 3.8) is 0 Å². The van der Waals surface area contributed by atoms with Gasteiger partial charge in [0.2, 0.25) is 0 Å². The summed E-state index contributed by atoms with van der Waals surface area (Å²) in [7, 11) is 0. The van der Waals surface area contributed by atoms with Gasteiger partial charge >= 0.3 is 0 Å². The lowest BCUT2D eigenvalue weighted by Crippen LogP contribution is -1.74. The minimum atomic E-state index is 0.655. The minimum Gasteiger partial charge on any atom is -0.303 e. The molecule has 1 aliphatic rings. The molecule has 1 rings (SSSR count). The molecule has 0 saturated heterocycles. The van der Waals surface area contributed by atoms with Gasteiger partial charge in [0, 0.05) is 6.42 Å². The Balaban J connectivity index is 2.00. The van der Waals surface area contributed by atoms with E-state index in [1.807, 2.05) is 0 Å². The smallest absolute Gasteiger partial charge is 0.124 e. The Morgan fingerprint density at radius 1 is 1.50 bits per heavy atom. The first-order chi connectivity index (χ1) is 2.93. The molecule has 1 nitrogen and oxygen atoms in total. The van der Waals surface area contributed by atoms with Crippen LogP contribution in [0.3, 0.4) is 0 Å². The fraction of sp³-hybridized carbons (Fsp3) is 0.600. The third-order valence-electron chi connectivity index (χ3n) is 0.973. The molecule has 6 heavy (non-hydrogen) atoms. The maximum atomic E-state index is 9.60. The van der Waals surface area contributed by atoms with E-state index in [-0.39, 0.29) is 0 Å². The monoisotopic (exact) mass is 83.0 g/mol. The van der Waals surface area contributed by atoms with Crippen LogP contribution in [0.25, 0.3) is 0 Å². The number of carbonyl (C=O) groups excluding carboxylic acids is 1. The molecular weight excluding hydrogens is 76.1 g/mol. The number of rotatable bonds is 2. The van der Waals surface area contributed by atoms with Crippen molar-refractivity contribution in [2.24, 2.45) is 5.92 Å². The topological polar surface area (TPSA) is 17.1 Å². The summed E-state index contributed by atoms with van der Waals surface area (Å²) >= 11 is 0. The SMILES string of the molecule is O=C[CH]C1CC1. The molecule has 0 unspecified atom stereocenters. The van der Waals surface area contributed by atoms with Crippen molar-refractivity contribution < 1.29 is 4.79 Å². The van der Waals surface area contributed by atoms with Crippen LogP contribution in [0.2, 0.25) is 0 Å². The number of hydrogen-bond donors (Lipinski definition) is 0. The molecule has 1 radical (unpaired) electrons. The van der Waals surface area contributed by atoms with E-state index in [0.29, 0.717) is 5.92 Å². The van der Waals surface area contributed by atoms with Crippen LogP contribution in [-0.4, -0.2) is 6.29 Å². The van der Waals surface area contributed by atoms with Gasteiger partial charge in [-0.1, -0.05) is 0 Å². The Morgan fingerprint density at radius 3 is 2.33 bits per heavy atom. The maximum absolute atomic E-state index is 9.60. The molecule has 33 valence electrons. The predicted octanol–water partition coefficient (Wildman–Crippen LogP) is 0.800. The lowest BCUT2D eigenvalue weighted by molar-refractivity contribution is -0.105. The second-order valence-corrected chi connectivity index (χ2v) is 1.67. The van der Waals surface area contributed by atoms with Crippen LogP contribution >= 0.6 is 0 Å². The highest BCUT2D eigenvalue weighted by molar-refractivity contribution is 5.62. The van der Waals surface area contributed by atoms with Gasteiger partial charge in [0.1, 0.15) is 6.29 Å². The summed E-state index contributed by atoms with van der Waals surface area (Å²) in [4.78, 5) is 9.60. The molecule has 0 bridgehead atoms. The van der Waals surface area contributed by atoms with Crippen molar-refractivity contribution in [2.45, 2.75) is 12.8 Å². The summed E-state index contributed by atoms with van der Waals surface area (Å²) in [6.45, 7) is 0. The van der Waals surface area contributed by atoms with Gasteiger partial charge in [-0.05, 0) is 18.8 Å². The Kier molecular flexibility index (Phi) is 0.906. The summed E-state index contributed by atoms with van der Waals surface area (Å²) in [5, 5.41) is 0. The molecule has 0 N–H and O–H groups in total. The summed E-state index contributed by atoms with van der Waals surface area (Å²) in [5.41, 5.74) is 0. The number of hydrogen-bond acceptors (Lipinski definition) is 1. The highest BCUT2D eigenvalue weighted by Crippen LogP contribution is 2.30. The molecule has 0 heterocycles. The summed E-state index contributed by atoms with van der Waals surface area (Å²) in [5.74, 6) is 0.655. The molecule has 1 heteroatoms. The van der Waals surface area contributed by atoms with E-state index < -0.39 is 0 Å². The highest BCUT2D eigenvalue weighted by atomic mass is 16.1. The molecule has 1 aliphatic carbocycles. The molecule has 0 aromatic carbocycles. The van der Waals surface area contributed by atoms with Crippen molar-refractivity contribution in [3.8, 4) is 0 Å². The molecule has 0 aliphatic heterocycles. The van der Waals surface area contributed by atoms with Crippen molar-refractivity contribution >= 4 is 6.29 Å². The molecule has 1 saturated carbocycles. The summed E-state index contributed by atoms with van der Waals surface area (Å²) in [6, 6.07) is 0. The van der Waals surface area contributed by atoms with Crippen LogP contribution < -0.4 is 0 Å². The Bertz CT molecular complexity index is 55.0. The van der Waals surface area contributed by atoms with E-state index in [9.17, 15) is 4.79 Å². The second-order valence-electron chi connectivity index (χ2n) is 1.67. The maximum Gasteiger partial charge on any atom is 0.124 e. The average molecular weight is 83.1 g/mol. The lowest BCUT2D eigenvalue weighted by atomic mass is 10.3. The predicted molar refractivity (Wildman–Crippen MR) is 23.1 cm³/mol. The van der Waals surface area contributed by atoms with Gasteiger partial charge in [-0.2, -0.15) is 0 Å². The third-order valence-corrected chi connectivity index (χ3v) is 0.973. The second kappa shape index (κ2) is 1.41. The Morgan fingerprint density at radius 2 is 2.17 bits per heavy atom. The first kappa shape index (κ1) is 3.85. The zero-order chi connectivity index (χ0) is 4.41. The molecule has 1 fully saturated rings. The molecule has 0 amide bonds. The van der Waals surface area contributed by atoms with Crippen molar-refractivity contribution in [2.75, 3.05) is 0 Å². The molecular formula is C5H7O. The third kappa shape index (κ3) is 0.814. The van der Waals surface area contributed by atoms with E-state index in [1.165, 1.54) is 12.8 Å². The summed E-state index contributed by atoms with van der Waals surface area (Å²) in [6.07, 6.45) is 5.08. The van der Waals surface area contributed by atoms with E-state index >= 15 is 0 Å². The van der Waals surface area contributed by atoms with Crippen LogP contribution in [0.1, 0.15) is 12.8 Å². The Labute approximate surface area is 37.4 Å². The zero-order valence-electron chi connectivity index (χ0n) is 3.55. The quantitative estimate of drug-likeness (QED) is 0.451. The van der Waals surface area contributed by atoms with E-state index in [0.717, 1.165) is 6.29 Å². The fourth-order valence-electron chi connectivity index (χ4n) is 0.400. The van der Waals surface area contributed by atoms with E-state index in [1.54, 1.807) is 6.42 Å². The highest BCUT2D eigenvalue weighted by Gasteiger charge is 2.19. The van der Waals surface area contributed by atoms with Gasteiger partial charge in [-0.15, -0.1) is 0 Å². The zero-order valence-corrected chi connectivity index (χ0v) is 3.55. The fourth-order valence-corrected chi connectivity index (χ4v) is 0.400. The van der Waals surface area contributed by atoms with Crippen molar-refractivity contribution in [1.82, 2.24) is 0 Å².